The Morgan fingerprint density at radius 2 is 1.62 bits per heavy atom. The fourth-order valence-corrected chi connectivity index (χ4v) is 4.51. The first kappa shape index (κ1) is 29.9. The molecule has 0 aromatic heterocycles. The predicted octanol–water partition coefficient (Wildman–Crippen LogP) is 1.60. The van der Waals surface area contributed by atoms with E-state index in [1.54, 1.807) is 42.5 Å². The summed E-state index contributed by atoms with van der Waals surface area (Å²) >= 11 is 0. The van der Waals surface area contributed by atoms with Crippen LogP contribution in [-0.4, -0.2) is 57.6 Å². The molecular formula is C28H33N3O7S. The molecule has 3 rings (SSSR count). The number of Topliss-reactive ketones (excluding diaryl/α,β-unsaturated/α-hetero) is 1. The topological polar surface area (TPSA) is 140 Å². The van der Waals surface area contributed by atoms with Gasteiger partial charge in [0, 0.05) is 12.3 Å². The molecule has 2 aromatic rings. The van der Waals surface area contributed by atoms with Gasteiger partial charge < -0.3 is 10.1 Å². The molecule has 1 aliphatic rings. The lowest BCUT2D eigenvalue weighted by Gasteiger charge is -2.23. The van der Waals surface area contributed by atoms with Crippen molar-refractivity contribution in [1.82, 2.24) is 15.5 Å². The highest BCUT2D eigenvalue weighted by molar-refractivity contribution is 7.88. The Hall–Kier alpha value is -3.64. The average Bonchev–Trinajstić information content (AvgIpc) is 2.92. The van der Waals surface area contributed by atoms with Gasteiger partial charge in [0.05, 0.1) is 26.1 Å². The zero-order valence-corrected chi connectivity index (χ0v) is 22.4. The van der Waals surface area contributed by atoms with Gasteiger partial charge in [-0.15, -0.1) is 0 Å². The monoisotopic (exact) mass is 555 g/mol. The summed E-state index contributed by atoms with van der Waals surface area (Å²) in [4.78, 5) is 44.0. The molecule has 1 unspecified atom stereocenters. The zero-order valence-electron chi connectivity index (χ0n) is 21.6. The van der Waals surface area contributed by atoms with Crippen molar-refractivity contribution in [2.45, 2.75) is 31.5 Å². The van der Waals surface area contributed by atoms with Gasteiger partial charge >= 0.3 is 5.91 Å². The number of carbonyl (C=O) groups excluding carboxylic acids is 3. The number of allylic oxidation sites excluding steroid dienone is 3. The van der Waals surface area contributed by atoms with Crippen molar-refractivity contribution < 1.29 is 32.4 Å². The van der Waals surface area contributed by atoms with E-state index in [4.69, 9.17) is 9.57 Å². The maximum absolute atomic E-state index is 13.2. The van der Waals surface area contributed by atoms with Gasteiger partial charge in [-0.25, -0.2) is 18.6 Å². The normalized spacial score (nSPS) is 16.3. The maximum atomic E-state index is 13.2. The highest BCUT2D eigenvalue weighted by Gasteiger charge is 2.31. The Labute approximate surface area is 228 Å². The number of nitrogens with one attached hydrogen (secondary N) is 3. The Kier molecular flexibility index (Phi) is 11.6. The molecule has 11 heteroatoms. The Bertz CT molecular complexity index is 1260. The summed E-state index contributed by atoms with van der Waals surface area (Å²) in [7, 11) is -3.79. The third kappa shape index (κ3) is 10.9. The fraction of sp³-hybridized carbons (Fsp3) is 0.321. The van der Waals surface area contributed by atoms with Crippen LogP contribution < -0.4 is 15.5 Å². The fourth-order valence-electron chi connectivity index (χ4n) is 3.81. The first-order valence-corrected chi connectivity index (χ1v) is 14.3. The Morgan fingerprint density at radius 1 is 0.949 bits per heavy atom. The number of ketones is 1. The van der Waals surface area contributed by atoms with Gasteiger partial charge in [0.1, 0.15) is 12.1 Å². The molecule has 0 saturated heterocycles. The van der Waals surface area contributed by atoms with Crippen LogP contribution in [0.1, 0.15) is 17.5 Å². The number of carbonyl (C=O) groups is 3. The van der Waals surface area contributed by atoms with E-state index < -0.39 is 39.7 Å². The lowest BCUT2D eigenvalue weighted by molar-refractivity contribution is -0.148. The number of hydrogen-bond acceptors (Lipinski definition) is 7. The molecule has 1 aliphatic carbocycles. The van der Waals surface area contributed by atoms with Crippen LogP contribution in [0.4, 0.5) is 0 Å². The summed E-state index contributed by atoms with van der Waals surface area (Å²) in [5.74, 6) is -2.69. The standard InChI is InChI=1S/C28H33N3O7S/c1-39(35,36)31-25(20-37-18-22-13-7-3-8-14-22)27(33)29-24(17-21-11-5-2-6-12-21)26(32)28(34)30-38-19-23-15-9-4-10-16-23/h2-13,15-16,22,24-25,31H,14,17-20H2,1H3,(H,29,33)(H,30,34)/t22?,24-,25+/m0/s1. The number of ether oxygens (including phenoxy) is 1. The second-order valence-corrected chi connectivity index (χ2v) is 10.9. The number of hydrogen-bond donors (Lipinski definition) is 3. The number of amides is 2. The minimum absolute atomic E-state index is 0.00315. The van der Waals surface area contributed by atoms with Gasteiger partial charge in [0.2, 0.25) is 21.7 Å². The second-order valence-electron chi connectivity index (χ2n) is 9.11. The van der Waals surface area contributed by atoms with Crippen molar-refractivity contribution in [2.24, 2.45) is 5.92 Å². The molecule has 3 atom stereocenters. The SMILES string of the molecule is CS(=O)(=O)N[C@H](COCC1C=CC=CC1)C(=O)N[C@@H](Cc1ccccc1)C(=O)C(=O)NOCc1ccccc1. The van der Waals surface area contributed by atoms with Crippen LogP contribution in [0, 0.1) is 5.92 Å². The van der Waals surface area contributed by atoms with Gasteiger partial charge in [-0.1, -0.05) is 85.0 Å². The van der Waals surface area contributed by atoms with Gasteiger partial charge in [0.15, 0.2) is 0 Å². The summed E-state index contributed by atoms with van der Waals surface area (Å²) in [6, 6.07) is 15.3. The third-order valence-corrected chi connectivity index (χ3v) is 6.46. The van der Waals surface area contributed by atoms with Crippen molar-refractivity contribution in [3.63, 3.8) is 0 Å². The molecule has 0 saturated carbocycles. The third-order valence-electron chi connectivity index (χ3n) is 5.74. The molecule has 0 bridgehead atoms. The van der Waals surface area contributed by atoms with Crippen molar-refractivity contribution in [3.8, 4) is 0 Å². The second kappa shape index (κ2) is 15.1. The van der Waals surface area contributed by atoms with E-state index in [9.17, 15) is 22.8 Å². The van der Waals surface area contributed by atoms with E-state index in [1.807, 2.05) is 42.5 Å². The zero-order chi connectivity index (χ0) is 28.1. The first-order valence-electron chi connectivity index (χ1n) is 12.4. The van der Waals surface area contributed by atoms with Crippen molar-refractivity contribution in [3.05, 3.63) is 96.1 Å². The van der Waals surface area contributed by atoms with Crippen LogP contribution in [0.2, 0.25) is 0 Å². The molecule has 208 valence electrons. The maximum Gasteiger partial charge on any atom is 0.313 e. The van der Waals surface area contributed by atoms with Crippen LogP contribution in [0.15, 0.2) is 85.0 Å². The number of benzene rings is 2. The highest BCUT2D eigenvalue weighted by Crippen LogP contribution is 2.12. The van der Waals surface area contributed by atoms with Crippen molar-refractivity contribution in [2.75, 3.05) is 19.5 Å². The van der Waals surface area contributed by atoms with E-state index >= 15 is 0 Å². The molecule has 0 aliphatic heterocycles. The molecule has 3 N–H and O–H groups in total. The molecule has 0 radical (unpaired) electrons. The summed E-state index contributed by atoms with van der Waals surface area (Å²) < 4.78 is 31.8. The Balaban J connectivity index is 1.66. The van der Waals surface area contributed by atoms with Crippen LogP contribution in [0.25, 0.3) is 0 Å². The van der Waals surface area contributed by atoms with Crippen LogP contribution in [0.5, 0.6) is 0 Å². The van der Waals surface area contributed by atoms with Gasteiger partial charge in [-0.3, -0.25) is 19.2 Å². The largest absolute Gasteiger partial charge is 0.379 e. The van der Waals surface area contributed by atoms with Crippen LogP contribution >= 0.6 is 0 Å². The molecule has 0 heterocycles. The van der Waals surface area contributed by atoms with Gasteiger partial charge in [-0.05, 0) is 17.5 Å². The molecule has 0 fully saturated rings. The molecule has 10 nitrogen and oxygen atoms in total. The van der Waals surface area contributed by atoms with Gasteiger partial charge in [0.25, 0.3) is 0 Å². The Morgan fingerprint density at radius 3 is 2.23 bits per heavy atom. The number of sulfonamides is 1. The molecule has 2 amide bonds. The van der Waals surface area contributed by atoms with Crippen molar-refractivity contribution >= 4 is 27.6 Å². The lowest BCUT2D eigenvalue weighted by atomic mass is 10.0. The quantitative estimate of drug-likeness (QED) is 0.224. The molecule has 0 spiro atoms. The number of rotatable bonds is 15. The summed E-state index contributed by atoms with van der Waals surface area (Å²) in [5.41, 5.74) is 3.60. The van der Waals surface area contributed by atoms with E-state index in [0.29, 0.717) is 5.56 Å². The molecule has 2 aromatic carbocycles. The van der Waals surface area contributed by atoms with E-state index in [-0.39, 0.29) is 32.2 Å². The number of hydroxylamine groups is 1. The van der Waals surface area contributed by atoms with Crippen LogP contribution in [0.3, 0.4) is 0 Å². The summed E-state index contributed by atoms with van der Waals surface area (Å²) in [6.45, 7) is 0.0639. The van der Waals surface area contributed by atoms with E-state index in [0.717, 1.165) is 18.2 Å². The lowest BCUT2D eigenvalue weighted by Crippen LogP contribution is -2.55. The first-order chi connectivity index (χ1) is 18.7. The van der Waals surface area contributed by atoms with E-state index in [2.05, 4.69) is 15.5 Å². The minimum Gasteiger partial charge on any atom is -0.379 e. The van der Waals surface area contributed by atoms with E-state index in [1.165, 1.54) is 0 Å². The summed E-state index contributed by atoms with van der Waals surface area (Å²) in [6.07, 6.45) is 9.46. The highest BCUT2D eigenvalue weighted by atomic mass is 32.2. The molecule has 39 heavy (non-hydrogen) atoms. The minimum atomic E-state index is -3.79. The van der Waals surface area contributed by atoms with Crippen LogP contribution in [-0.2, 0) is 47.0 Å². The summed E-state index contributed by atoms with van der Waals surface area (Å²) in [5, 5.41) is 2.53. The van der Waals surface area contributed by atoms with Gasteiger partial charge in [-0.2, -0.15) is 0 Å². The predicted molar refractivity (Wildman–Crippen MR) is 145 cm³/mol. The smallest absolute Gasteiger partial charge is 0.313 e. The average molecular weight is 556 g/mol. The molecular weight excluding hydrogens is 522 g/mol. The van der Waals surface area contributed by atoms with Crippen molar-refractivity contribution in [1.29, 1.82) is 0 Å².